The second-order valence-electron chi connectivity index (χ2n) is 7.80. The van der Waals surface area contributed by atoms with Crippen molar-refractivity contribution in [1.29, 1.82) is 0 Å². The molecule has 3 heterocycles. The summed E-state index contributed by atoms with van der Waals surface area (Å²) in [5.41, 5.74) is 1.71. The van der Waals surface area contributed by atoms with E-state index in [2.05, 4.69) is 37.9 Å². The molecule has 11 heteroatoms. The zero-order chi connectivity index (χ0) is 24.9. The van der Waals surface area contributed by atoms with E-state index in [4.69, 9.17) is 14.2 Å². The van der Waals surface area contributed by atoms with Crippen LogP contribution in [0.1, 0.15) is 29.3 Å². The van der Waals surface area contributed by atoms with E-state index in [1.165, 1.54) is 16.8 Å². The fourth-order valence-corrected chi connectivity index (χ4v) is 5.21. The van der Waals surface area contributed by atoms with Crippen molar-refractivity contribution in [2.75, 3.05) is 26.1 Å². The molecule has 2 unspecified atom stereocenters. The third-order valence-electron chi connectivity index (χ3n) is 5.32. The molecule has 1 N–H and O–H groups in total. The first-order valence-corrected chi connectivity index (χ1v) is 12.6. The smallest absolute Gasteiger partial charge is 0.239 e. The third-order valence-corrected chi connectivity index (χ3v) is 7.24. The number of benzene rings is 1. The topological polar surface area (TPSA) is 96.2 Å². The quantitative estimate of drug-likeness (QED) is 0.286. The van der Waals surface area contributed by atoms with Gasteiger partial charge in [-0.15, -0.1) is 21.5 Å². The van der Waals surface area contributed by atoms with Crippen LogP contribution in [-0.2, 0) is 4.74 Å². The molecule has 0 amide bonds. The highest BCUT2D eigenvalue weighted by Crippen LogP contribution is 2.40. The molecule has 0 fully saturated rings. The predicted molar refractivity (Wildman–Crippen MR) is 140 cm³/mol. The van der Waals surface area contributed by atoms with Gasteiger partial charge in [-0.05, 0) is 62.5 Å². The Labute approximate surface area is 213 Å². The number of nitrogens with one attached hydrogen (secondary N) is 1. The van der Waals surface area contributed by atoms with Crippen LogP contribution in [0.4, 0.5) is 5.95 Å². The highest BCUT2D eigenvalue weighted by atomic mass is 32.2. The van der Waals surface area contributed by atoms with Crippen molar-refractivity contribution >= 4 is 29.2 Å². The van der Waals surface area contributed by atoms with Crippen molar-refractivity contribution in [2.24, 2.45) is 0 Å². The lowest BCUT2D eigenvalue weighted by atomic mass is 10.2. The van der Waals surface area contributed by atoms with Crippen LogP contribution in [0, 0.1) is 13.8 Å². The maximum Gasteiger partial charge on any atom is 0.239 e. The fraction of sp³-hybridized carbons (Fsp3) is 0.333. The first kappa shape index (κ1) is 25.0. The number of aromatic nitrogens is 5. The third kappa shape index (κ3) is 5.26. The van der Waals surface area contributed by atoms with E-state index in [1.54, 1.807) is 45.1 Å². The van der Waals surface area contributed by atoms with Crippen molar-refractivity contribution in [3.63, 3.8) is 0 Å². The summed E-state index contributed by atoms with van der Waals surface area (Å²) in [6, 6.07) is 9.76. The van der Waals surface area contributed by atoms with Gasteiger partial charge in [0.1, 0.15) is 23.3 Å². The fourth-order valence-electron chi connectivity index (χ4n) is 3.59. The summed E-state index contributed by atoms with van der Waals surface area (Å²) >= 11 is 3.10. The van der Waals surface area contributed by atoms with E-state index in [0.717, 1.165) is 10.4 Å². The first-order chi connectivity index (χ1) is 17.0. The molecule has 2 atom stereocenters. The average Bonchev–Trinajstić information content (AvgIpc) is 3.49. The molecule has 4 rings (SSSR count). The van der Waals surface area contributed by atoms with E-state index in [1.807, 2.05) is 42.7 Å². The van der Waals surface area contributed by atoms with Crippen LogP contribution in [-0.4, -0.2) is 51.3 Å². The molecule has 0 aliphatic rings. The number of anilines is 1. The lowest BCUT2D eigenvalue weighted by Crippen LogP contribution is -2.19. The van der Waals surface area contributed by atoms with E-state index in [-0.39, 0.29) is 11.4 Å². The molecule has 35 heavy (non-hydrogen) atoms. The van der Waals surface area contributed by atoms with Gasteiger partial charge in [-0.3, -0.25) is 9.29 Å². The maximum atomic E-state index is 5.72. The SMILES string of the molecule is COc1cccc(OC)c1-n1c(NSC(C)C(OC)c2ncc(C)cn2)nnc1-c1ccc(C)s1. The van der Waals surface area contributed by atoms with Gasteiger partial charge in [-0.1, -0.05) is 6.07 Å². The molecule has 0 aliphatic heterocycles. The maximum absolute atomic E-state index is 5.72. The molecule has 0 bridgehead atoms. The summed E-state index contributed by atoms with van der Waals surface area (Å²) in [5, 5.41) is 8.95. The van der Waals surface area contributed by atoms with Gasteiger partial charge < -0.3 is 14.2 Å². The number of methoxy groups -OCH3 is 3. The van der Waals surface area contributed by atoms with Crippen LogP contribution in [0.15, 0.2) is 42.7 Å². The molecule has 0 radical (unpaired) electrons. The van der Waals surface area contributed by atoms with Crippen molar-refractivity contribution < 1.29 is 14.2 Å². The van der Waals surface area contributed by atoms with Gasteiger partial charge >= 0.3 is 0 Å². The first-order valence-electron chi connectivity index (χ1n) is 10.9. The van der Waals surface area contributed by atoms with Crippen LogP contribution >= 0.6 is 23.3 Å². The van der Waals surface area contributed by atoms with E-state index in [9.17, 15) is 0 Å². The Balaban J connectivity index is 1.71. The van der Waals surface area contributed by atoms with Gasteiger partial charge in [0, 0.05) is 24.4 Å². The summed E-state index contributed by atoms with van der Waals surface area (Å²) in [6.07, 6.45) is 3.27. The number of nitrogens with zero attached hydrogens (tertiary/aromatic N) is 5. The van der Waals surface area contributed by atoms with E-state index < -0.39 is 0 Å². The minimum atomic E-state index is -0.315. The summed E-state index contributed by atoms with van der Waals surface area (Å²) in [4.78, 5) is 11.0. The highest BCUT2D eigenvalue weighted by molar-refractivity contribution is 8.01. The second-order valence-corrected chi connectivity index (χ2v) is 10.3. The number of hydrogen-bond donors (Lipinski definition) is 1. The largest absolute Gasteiger partial charge is 0.494 e. The summed E-state index contributed by atoms with van der Waals surface area (Å²) < 4.78 is 22.4. The molecule has 1 aromatic carbocycles. The van der Waals surface area contributed by atoms with Gasteiger partial charge in [0.2, 0.25) is 5.95 Å². The van der Waals surface area contributed by atoms with Crippen LogP contribution in [0.2, 0.25) is 0 Å². The molecule has 3 aromatic heterocycles. The Morgan fingerprint density at radius 1 is 0.971 bits per heavy atom. The van der Waals surface area contributed by atoms with Crippen molar-refractivity contribution in [3.05, 3.63) is 59.0 Å². The zero-order valence-corrected chi connectivity index (χ0v) is 22.1. The Morgan fingerprint density at radius 3 is 2.23 bits per heavy atom. The molecular weight excluding hydrogens is 484 g/mol. The number of hydrogen-bond acceptors (Lipinski definition) is 10. The number of aryl methyl sites for hydroxylation is 2. The summed E-state index contributed by atoms with van der Waals surface area (Å²) in [7, 11) is 4.92. The molecular formula is C24H28N6O3S2. The number of ether oxygens (including phenoxy) is 3. The molecule has 0 spiro atoms. The zero-order valence-electron chi connectivity index (χ0n) is 20.5. The van der Waals surface area contributed by atoms with E-state index in [0.29, 0.717) is 34.8 Å². The van der Waals surface area contributed by atoms with Crippen molar-refractivity contribution in [2.45, 2.75) is 32.1 Å². The lowest BCUT2D eigenvalue weighted by Gasteiger charge is -2.22. The Morgan fingerprint density at radius 2 is 1.66 bits per heavy atom. The summed E-state index contributed by atoms with van der Waals surface area (Å²) in [5.74, 6) is 3.13. The predicted octanol–water partition coefficient (Wildman–Crippen LogP) is 5.26. The van der Waals surface area contributed by atoms with Gasteiger partial charge in [0.25, 0.3) is 0 Å². The second kappa shape index (κ2) is 11.1. The molecule has 4 aromatic rings. The summed E-state index contributed by atoms with van der Waals surface area (Å²) in [6.45, 7) is 6.06. The lowest BCUT2D eigenvalue weighted by molar-refractivity contribution is 0.0972. The molecule has 0 saturated carbocycles. The van der Waals surface area contributed by atoms with Crippen LogP contribution < -0.4 is 14.2 Å². The van der Waals surface area contributed by atoms with E-state index >= 15 is 0 Å². The van der Waals surface area contributed by atoms with Crippen LogP contribution in [0.3, 0.4) is 0 Å². The standard InChI is InChI=1S/C24H28N6O3S2/c1-14-12-25-22(26-13-14)21(33-6)16(3)35-29-24-28-27-23(19-11-10-15(2)34-19)30(24)20-17(31-4)8-7-9-18(20)32-5/h7-13,16,21H,1-6H3,(H,28,29). The van der Waals surface area contributed by atoms with Gasteiger partial charge in [-0.25, -0.2) is 9.97 Å². The van der Waals surface area contributed by atoms with Crippen molar-refractivity contribution in [1.82, 2.24) is 24.7 Å². The molecule has 0 saturated heterocycles. The molecule has 9 nitrogen and oxygen atoms in total. The Bertz CT molecular complexity index is 1250. The normalized spacial score (nSPS) is 12.9. The van der Waals surface area contributed by atoms with Crippen molar-refractivity contribution in [3.8, 4) is 27.9 Å². The van der Waals surface area contributed by atoms with Gasteiger partial charge in [-0.2, -0.15) is 0 Å². The minimum absolute atomic E-state index is 0.0418. The Hall–Kier alpha value is -3.15. The molecule has 184 valence electrons. The number of para-hydroxylation sites is 1. The highest BCUT2D eigenvalue weighted by Gasteiger charge is 2.26. The number of rotatable bonds is 10. The monoisotopic (exact) mass is 512 g/mol. The minimum Gasteiger partial charge on any atom is -0.494 e. The van der Waals surface area contributed by atoms with Gasteiger partial charge in [0.15, 0.2) is 11.6 Å². The Kier molecular flexibility index (Phi) is 7.89. The average molecular weight is 513 g/mol. The van der Waals surface area contributed by atoms with Crippen LogP contribution in [0.25, 0.3) is 16.4 Å². The van der Waals surface area contributed by atoms with Gasteiger partial charge in [0.05, 0.1) is 24.3 Å². The number of thiophene rings is 1. The molecule has 0 aliphatic carbocycles. The van der Waals surface area contributed by atoms with Crippen LogP contribution in [0.5, 0.6) is 11.5 Å².